The monoisotopic (exact) mass is 483 g/mol. The quantitative estimate of drug-likeness (QED) is 0.425. The molecule has 3 aromatic rings. The van der Waals surface area contributed by atoms with E-state index in [1.165, 1.54) is 47.4 Å². The number of carbonyl (C=O) groups excluding carboxylic acids is 1. The van der Waals surface area contributed by atoms with Gasteiger partial charge in [-0.1, -0.05) is 36.4 Å². The number of rotatable bonds is 5. The van der Waals surface area contributed by atoms with Crippen molar-refractivity contribution in [2.45, 2.75) is 11.4 Å². The second-order valence-corrected chi connectivity index (χ2v) is 9.16. The molecule has 1 aliphatic rings. The van der Waals surface area contributed by atoms with Gasteiger partial charge >= 0.3 is 0 Å². The molecule has 168 valence electrons. The first kappa shape index (κ1) is 22.5. The summed E-state index contributed by atoms with van der Waals surface area (Å²) in [5.41, 5.74) is 7.53. The predicted octanol–water partition coefficient (Wildman–Crippen LogP) is 2.47. The Balaban J connectivity index is 1.81. The van der Waals surface area contributed by atoms with Gasteiger partial charge in [0.15, 0.2) is 10.8 Å². The molecule has 8 nitrogen and oxygen atoms in total. The third kappa shape index (κ3) is 4.60. The zero-order chi connectivity index (χ0) is 23.8. The topological polar surface area (TPSA) is 122 Å². The number of halogens is 1. The zero-order valence-corrected chi connectivity index (χ0v) is 18.7. The lowest BCUT2D eigenvalue weighted by Gasteiger charge is -2.19. The van der Waals surface area contributed by atoms with Crippen molar-refractivity contribution < 1.29 is 17.6 Å². The largest absolute Gasteiger partial charge is 0.374 e. The minimum Gasteiger partial charge on any atom is -0.374 e. The number of thiocarbonyl (C=S) groups is 1. The molecule has 0 bridgehead atoms. The van der Waals surface area contributed by atoms with E-state index in [9.17, 15) is 17.6 Å². The number of fused-ring (bicyclic) bond motifs is 1. The Bertz CT molecular complexity index is 1390. The molecule has 33 heavy (non-hydrogen) atoms. The van der Waals surface area contributed by atoms with E-state index in [0.29, 0.717) is 5.69 Å². The highest BCUT2D eigenvalue weighted by Gasteiger charge is 2.35. The maximum Gasteiger partial charge on any atom is 0.279 e. The Kier molecular flexibility index (Phi) is 5.93. The van der Waals surface area contributed by atoms with Gasteiger partial charge in [-0.15, -0.1) is 0 Å². The van der Waals surface area contributed by atoms with Gasteiger partial charge in [0.05, 0.1) is 22.8 Å². The van der Waals surface area contributed by atoms with Gasteiger partial charge in [0.1, 0.15) is 5.82 Å². The molecule has 0 radical (unpaired) electrons. The van der Waals surface area contributed by atoms with E-state index >= 15 is 0 Å². The molecule has 0 fully saturated rings. The summed E-state index contributed by atoms with van der Waals surface area (Å²) in [5.74, 6) is -1.03. The van der Waals surface area contributed by atoms with Crippen LogP contribution in [0.25, 0.3) is 0 Å². The number of anilines is 2. The van der Waals surface area contributed by atoms with Crippen molar-refractivity contribution in [3.05, 3.63) is 89.7 Å². The molecule has 4 N–H and O–H groups in total. The second kappa shape index (κ2) is 8.70. The smallest absolute Gasteiger partial charge is 0.279 e. The fraction of sp³-hybridized carbons (Fsp3) is 0.0455. The number of amides is 1. The van der Waals surface area contributed by atoms with E-state index in [-0.39, 0.29) is 33.5 Å². The highest BCUT2D eigenvalue weighted by atomic mass is 32.2. The van der Waals surface area contributed by atoms with Crippen LogP contribution in [0.1, 0.15) is 11.1 Å². The summed E-state index contributed by atoms with van der Waals surface area (Å²) in [6, 6.07) is 18.7. The van der Waals surface area contributed by atoms with Crippen LogP contribution in [-0.4, -0.2) is 25.1 Å². The molecule has 0 unspecified atom stereocenters. The van der Waals surface area contributed by atoms with Gasteiger partial charge in [0.25, 0.3) is 5.91 Å². The molecule has 3 aromatic carbocycles. The lowest BCUT2D eigenvalue weighted by Crippen LogP contribution is -2.35. The van der Waals surface area contributed by atoms with Crippen molar-refractivity contribution in [2.75, 3.05) is 9.91 Å². The Labute approximate surface area is 195 Å². The van der Waals surface area contributed by atoms with Gasteiger partial charge in [0.2, 0.25) is 10.0 Å². The maximum atomic E-state index is 14.1. The van der Waals surface area contributed by atoms with Crippen LogP contribution in [0.3, 0.4) is 0 Å². The molecule has 1 amide bonds. The van der Waals surface area contributed by atoms with Crippen molar-refractivity contribution in [2.24, 2.45) is 16.0 Å². The Morgan fingerprint density at radius 1 is 1.06 bits per heavy atom. The summed E-state index contributed by atoms with van der Waals surface area (Å²) in [6.45, 7) is 0.241. The third-order valence-corrected chi connectivity index (χ3v) is 6.02. The maximum absolute atomic E-state index is 14.1. The van der Waals surface area contributed by atoms with E-state index < -0.39 is 21.7 Å². The van der Waals surface area contributed by atoms with Gasteiger partial charge in [-0.2, -0.15) is 5.10 Å². The first-order valence-corrected chi connectivity index (χ1v) is 11.6. The Hall–Kier alpha value is -3.67. The SMILES string of the molecule is NC(=S)N(/N=C1\C(=O)N(Cc2ccccc2)c2ccc(F)cc21)c1cccc(S(N)(=O)=O)c1. The van der Waals surface area contributed by atoms with E-state index in [1.807, 2.05) is 30.3 Å². The first-order chi connectivity index (χ1) is 15.6. The number of primary sulfonamides is 1. The van der Waals surface area contributed by atoms with Gasteiger partial charge in [0, 0.05) is 5.56 Å². The molecule has 0 aliphatic carbocycles. The summed E-state index contributed by atoms with van der Waals surface area (Å²) in [7, 11) is -4.00. The van der Waals surface area contributed by atoms with Crippen LogP contribution in [0, 0.1) is 5.82 Å². The van der Waals surface area contributed by atoms with E-state index in [4.69, 9.17) is 23.1 Å². The van der Waals surface area contributed by atoms with Gasteiger partial charge in [-0.3, -0.25) is 4.79 Å². The summed E-state index contributed by atoms with van der Waals surface area (Å²) in [6.07, 6.45) is 0. The van der Waals surface area contributed by atoms with Crippen LogP contribution in [0.5, 0.6) is 0 Å². The second-order valence-electron chi connectivity index (χ2n) is 7.18. The number of nitrogens with zero attached hydrogens (tertiary/aromatic N) is 3. The van der Waals surface area contributed by atoms with Gasteiger partial charge < -0.3 is 10.6 Å². The molecule has 0 spiro atoms. The van der Waals surface area contributed by atoms with Crippen molar-refractivity contribution >= 4 is 50.3 Å². The number of sulfonamides is 1. The minimum absolute atomic E-state index is 0.0887. The lowest BCUT2D eigenvalue weighted by molar-refractivity contribution is -0.112. The number of nitrogens with two attached hydrogens (primary N) is 2. The van der Waals surface area contributed by atoms with Crippen LogP contribution in [-0.2, 0) is 21.4 Å². The molecule has 0 saturated carbocycles. The molecule has 11 heteroatoms. The molecule has 0 atom stereocenters. The first-order valence-electron chi connectivity index (χ1n) is 9.62. The van der Waals surface area contributed by atoms with Crippen molar-refractivity contribution in [1.29, 1.82) is 0 Å². The molecular formula is C22H18FN5O3S2. The molecule has 1 heterocycles. The third-order valence-electron chi connectivity index (χ3n) is 4.94. The van der Waals surface area contributed by atoms with E-state index in [0.717, 1.165) is 10.6 Å². The Morgan fingerprint density at radius 2 is 1.79 bits per heavy atom. The van der Waals surface area contributed by atoms with Crippen molar-refractivity contribution in [3.63, 3.8) is 0 Å². The molecular weight excluding hydrogens is 465 g/mol. The molecule has 0 saturated heterocycles. The van der Waals surface area contributed by atoms with Crippen molar-refractivity contribution in [3.8, 4) is 0 Å². The van der Waals surface area contributed by atoms with Crippen LogP contribution in [0.4, 0.5) is 15.8 Å². The number of hydrogen-bond donors (Lipinski definition) is 2. The highest BCUT2D eigenvalue weighted by molar-refractivity contribution is 7.89. The van der Waals surface area contributed by atoms with Crippen LogP contribution >= 0.6 is 12.2 Å². The summed E-state index contributed by atoms with van der Waals surface area (Å²) >= 11 is 5.08. The molecule has 1 aliphatic heterocycles. The fourth-order valence-corrected chi connectivity index (χ4v) is 4.13. The zero-order valence-electron chi connectivity index (χ0n) is 17.1. The van der Waals surface area contributed by atoms with Gasteiger partial charge in [-0.05, 0) is 54.2 Å². The normalized spacial score (nSPS) is 14.4. The van der Waals surface area contributed by atoms with Crippen LogP contribution < -0.4 is 20.8 Å². The molecule has 0 aromatic heterocycles. The predicted molar refractivity (Wildman–Crippen MR) is 128 cm³/mol. The van der Waals surface area contributed by atoms with Crippen LogP contribution in [0.15, 0.2) is 82.8 Å². The van der Waals surface area contributed by atoms with Crippen LogP contribution in [0.2, 0.25) is 0 Å². The van der Waals surface area contributed by atoms with E-state index in [1.54, 1.807) is 0 Å². The lowest BCUT2D eigenvalue weighted by atomic mass is 10.1. The van der Waals surface area contributed by atoms with Crippen molar-refractivity contribution in [1.82, 2.24) is 0 Å². The average molecular weight is 484 g/mol. The van der Waals surface area contributed by atoms with E-state index in [2.05, 4.69) is 5.10 Å². The average Bonchev–Trinajstić information content (AvgIpc) is 3.02. The highest BCUT2D eigenvalue weighted by Crippen LogP contribution is 2.32. The summed E-state index contributed by atoms with van der Waals surface area (Å²) in [5, 5.41) is 10.3. The number of hydrazone groups is 1. The standard InChI is InChI=1S/C22H18FN5O3S2/c23-15-9-10-19-18(11-15)20(21(29)27(19)13-14-5-2-1-3-6-14)26-28(22(24)32)16-7-4-8-17(12-16)33(25,30)31/h1-12H,13H2,(H2,24,32)(H2,25,30,31)/b26-20-. The fourth-order valence-electron chi connectivity index (χ4n) is 3.43. The number of hydrogen-bond acceptors (Lipinski definition) is 5. The minimum atomic E-state index is -4.00. The number of carbonyl (C=O) groups is 1. The van der Waals surface area contributed by atoms with Gasteiger partial charge in [-0.25, -0.2) is 23.0 Å². The summed E-state index contributed by atoms with van der Waals surface area (Å²) in [4.78, 5) is 14.6. The summed E-state index contributed by atoms with van der Waals surface area (Å²) < 4.78 is 37.6. The Morgan fingerprint density at radius 3 is 2.45 bits per heavy atom. The molecule has 4 rings (SSSR count). The number of benzene rings is 3.